The first-order valence-electron chi connectivity index (χ1n) is 11.9. The molecule has 34 heavy (non-hydrogen) atoms. The third-order valence-corrected chi connectivity index (χ3v) is 6.23. The summed E-state index contributed by atoms with van der Waals surface area (Å²) in [5, 5.41) is 12.3. The number of ketones is 1. The van der Waals surface area contributed by atoms with Gasteiger partial charge < -0.3 is 19.3 Å². The number of aromatic nitrogens is 1. The SMILES string of the molecule is CCCCN1C(=O)C(=O)/C(=C(/O)c2ccc(OCC(C)C)cc2)C1c1cn(C)c2ccccc12. The summed E-state index contributed by atoms with van der Waals surface area (Å²) in [5.74, 6) is -0.283. The molecule has 3 aromatic rings. The van der Waals surface area contributed by atoms with Gasteiger partial charge in [-0.25, -0.2) is 0 Å². The number of unbranched alkanes of at least 4 members (excludes halogenated alkanes) is 1. The fourth-order valence-corrected chi connectivity index (χ4v) is 4.48. The molecule has 4 rings (SSSR count). The van der Waals surface area contributed by atoms with E-state index in [0.717, 1.165) is 29.3 Å². The van der Waals surface area contributed by atoms with Crippen molar-refractivity contribution in [2.45, 2.75) is 39.7 Å². The number of hydrogen-bond donors (Lipinski definition) is 1. The van der Waals surface area contributed by atoms with Crippen LogP contribution in [-0.2, 0) is 16.6 Å². The van der Waals surface area contributed by atoms with E-state index in [2.05, 4.69) is 13.8 Å². The van der Waals surface area contributed by atoms with Gasteiger partial charge >= 0.3 is 0 Å². The molecule has 1 amide bonds. The summed E-state index contributed by atoms with van der Waals surface area (Å²) >= 11 is 0. The number of nitrogens with zero attached hydrogens (tertiary/aromatic N) is 2. The molecule has 1 aliphatic heterocycles. The first kappa shape index (κ1) is 23.6. The molecule has 0 bridgehead atoms. The molecule has 6 nitrogen and oxygen atoms in total. The van der Waals surface area contributed by atoms with Crippen molar-refractivity contribution >= 4 is 28.4 Å². The standard InChI is InChI=1S/C28H32N2O4/c1-5-6-15-30-25(22-16-29(4)23-10-8-7-9-21(22)23)24(27(32)28(30)33)26(31)19-11-13-20(14-12-19)34-17-18(2)3/h7-14,16,18,25,31H,5-6,15,17H2,1-4H3/b26-24+. The van der Waals surface area contributed by atoms with Gasteiger partial charge in [0.25, 0.3) is 11.7 Å². The molecule has 1 atom stereocenters. The van der Waals surface area contributed by atoms with Crippen molar-refractivity contribution in [2.24, 2.45) is 13.0 Å². The zero-order valence-corrected chi connectivity index (χ0v) is 20.2. The van der Waals surface area contributed by atoms with Gasteiger partial charge in [0, 0.05) is 41.8 Å². The van der Waals surface area contributed by atoms with E-state index in [1.807, 2.05) is 49.0 Å². The van der Waals surface area contributed by atoms with Gasteiger partial charge in [0.1, 0.15) is 11.5 Å². The lowest BCUT2D eigenvalue weighted by Crippen LogP contribution is -2.30. The van der Waals surface area contributed by atoms with Crippen molar-refractivity contribution in [3.63, 3.8) is 0 Å². The normalized spacial score (nSPS) is 17.8. The lowest BCUT2D eigenvalue weighted by Gasteiger charge is -2.24. The van der Waals surface area contributed by atoms with E-state index in [0.29, 0.717) is 30.4 Å². The van der Waals surface area contributed by atoms with Crippen molar-refractivity contribution in [1.29, 1.82) is 0 Å². The van der Waals surface area contributed by atoms with Crippen LogP contribution in [-0.4, -0.2) is 39.4 Å². The number of aryl methyl sites for hydroxylation is 1. The second-order valence-electron chi connectivity index (χ2n) is 9.29. The van der Waals surface area contributed by atoms with Crippen LogP contribution in [0.25, 0.3) is 16.7 Å². The minimum Gasteiger partial charge on any atom is -0.507 e. The summed E-state index contributed by atoms with van der Waals surface area (Å²) in [5.41, 5.74) is 2.46. The molecule has 1 saturated heterocycles. The Morgan fingerprint density at radius 2 is 1.79 bits per heavy atom. The van der Waals surface area contributed by atoms with Crippen LogP contribution in [0.3, 0.4) is 0 Å². The quantitative estimate of drug-likeness (QED) is 0.276. The summed E-state index contributed by atoms with van der Waals surface area (Å²) in [7, 11) is 1.94. The molecule has 0 saturated carbocycles. The molecule has 2 heterocycles. The molecule has 0 spiro atoms. The third-order valence-electron chi connectivity index (χ3n) is 6.23. The van der Waals surface area contributed by atoms with Gasteiger partial charge in [0.2, 0.25) is 0 Å². The van der Waals surface area contributed by atoms with Crippen LogP contribution >= 0.6 is 0 Å². The average Bonchev–Trinajstić information content (AvgIpc) is 3.29. The molecular formula is C28H32N2O4. The van der Waals surface area contributed by atoms with Crippen LogP contribution in [0.5, 0.6) is 5.75 Å². The number of carbonyl (C=O) groups is 2. The van der Waals surface area contributed by atoms with Crippen molar-refractivity contribution in [2.75, 3.05) is 13.2 Å². The van der Waals surface area contributed by atoms with Crippen LogP contribution in [0, 0.1) is 5.92 Å². The smallest absolute Gasteiger partial charge is 0.295 e. The highest BCUT2D eigenvalue weighted by atomic mass is 16.5. The summed E-state index contributed by atoms with van der Waals surface area (Å²) in [4.78, 5) is 27.9. The average molecular weight is 461 g/mol. The van der Waals surface area contributed by atoms with E-state index < -0.39 is 17.7 Å². The Hall–Kier alpha value is -3.54. The Bertz CT molecular complexity index is 1240. The Morgan fingerprint density at radius 3 is 2.47 bits per heavy atom. The molecule has 1 fully saturated rings. The number of aliphatic hydroxyl groups excluding tert-OH is 1. The number of carbonyl (C=O) groups excluding carboxylic acids is 2. The fraction of sp³-hybridized carbons (Fsp3) is 0.357. The number of fused-ring (bicyclic) bond motifs is 1. The van der Waals surface area contributed by atoms with Gasteiger partial charge in [-0.05, 0) is 42.7 Å². The van der Waals surface area contributed by atoms with E-state index >= 15 is 0 Å². The first-order valence-corrected chi connectivity index (χ1v) is 11.9. The first-order chi connectivity index (χ1) is 16.3. The number of aliphatic hydroxyl groups is 1. The van der Waals surface area contributed by atoms with Gasteiger partial charge in [0.05, 0.1) is 18.2 Å². The second kappa shape index (κ2) is 9.75. The molecule has 0 radical (unpaired) electrons. The molecular weight excluding hydrogens is 428 g/mol. The molecule has 178 valence electrons. The molecule has 1 N–H and O–H groups in total. The number of rotatable bonds is 8. The zero-order chi connectivity index (χ0) is 24.4. The Labute approximate surface area is 200 Å². The van der Waals surface area contributed by atoms with E-state index in [1.54, 1.807) is 29.2 Å². The van der Waals surface area contributed by atoms with Crippen molar-refractivity contribution in [3.05, 3.63) is 71.4 Å². The Morgan fingerprint density at radius 1 is 1.09 bits per heavy atom. The predicted molar refractivity (Wildman–Crippen MR) is 134 cm³/mol. The van der Waals surface area contributed by atoms with Gasteiger partial charge in [-0.2, -0.15) is 0 Å². The predicted octanol–water partition coefficient (Wildman–Crippen LogP) is 5.43. The van der Waals surface area contributed by atoms with Crippen LogP contribution < -0.4 is 4.74 Å². The number of benzene rings is 2. The Balaban J connectivity index is 1.82. The van der Waals surface area contributed by atoms with Crippen molar-refractivity contribution < 1.29 is 19.4 Å². The van der Waals surface area contributed by atoms with Gasteiger partial charge in [-0.1, -0.05) is 45.4 Å². The molecule has 1 unspecified atom stereocenters. The van der Waals surface area contributed by atoms with Gasteiger partial charge in [-0.3, -0.25) is 9.59 Å². The maximum atomic E-state index is 13.2. The monoisotopic (exact) mass is 460 g/mol. The fourth-order valence-electron chi connectivity index (χ4n) is 4.48. The summed E-state index contributed by atoms with van der Waals surface area (Å²) < 4.78 is 7.73. The van der Waals surface area contributed by atoms with Crippen LogP contribution in [0.15, 0.2) is 60.3 Å². The summed E-state index contributed by atoms with van der Waals surface area (Å²) in [6.07, 6.45) is 3.62. The highest BCUT2D eigenvalue weighted by molar-refractivity contribution is 6.46. The third kappa shape index (κ3) is 4.32. The highest BCUT2D eigenvalue weighted by Crippen LogP contribution is 2.42. The van der Waals surface area contributed by atoms with Crippen LogP contribution in [0.2, 0.25) is 0 Å². The molecule has 1 aliphatic rings. The van der Waals surface area contributed by atoms with Crippen LogP contribution in [0.4, 0.5) is 0 Å². The number of amides is 1. The molecule has 2 aromatic carbocycles. The van der Waals surface area contributed by atoms with Gasteiger partial charge in [-0.15, -0.1) is 0 Å². The van der Waals surface area contributed by atoms with E-state index in [-0.39, 0.29) is 11.3 Å². The van der Waals surface area contributed by atoms with Crippen LogP contribution in [0.1, 0.15) is 50.8 Å². The number of hydrogen-bond acceptors (Lipinski definition) is 4. The van der Waals surface area contributed by atoms with Crippen molar-refractivity contribution in [1.82, 2.24) is 9.47 Å². The highest BCUT2D eigenvalue weighted by Gasteiger charge is 2.46. The summed E-state index contributed by atoms with van der Waals surface area (Å²) in [6.45, 7) is 7.24. The van der Waals surface area contributed by atoms with Crippen molar-refractivity contribution in [3.8, 4) is 5.75 Å². The molecule has 1 aromatic heterocycles. The number of Topliss-reactive ketones (excluding diaryl/α,β-unsaturated/α-hetero) is 1. The molecule has 6 heteroatoms. The largest absolute Gasteiger partial charge is 0.507 e. The molecule has 0 aliphatic carbocycles. The zero-order valence-electron chi connectivity index (χ0n) is 20.2. The number of likely N-dealkylation sites (tertiary alicyclic amines) is 1. The number of ether oxygens (including phenoxy) is 1. The topological polar surface area (TPSA) is 71.8 Å². The minimum atomic E-state index is -0.647. The number of para-hydroxylation sites is 1. The van der Waals surface area contributed by atoms with E-state index in [4.69, 9.17) is 4.74 Å². The summed E-state index contributed by atoms with van der Waals surface area (Å²) in [6, 6.07) is 14.3. The lowest BCUT2D eigenvalue weighted by molar-refractivity contribution is -0.139. The van der Waals surface area contributed by atoms with Gasteiger partial charge in [0.15, 0.2) is 0 Å². The maximum absolute atomic E-state index is 13.2. The maximum Gasteiger partial charge on any atom is 0.295 e. The van der Waals surface area contributed by atoms with E-state index in [9.17, 15) is 14.7 Å². The van der Waals surface area contributed by atoms with E-state index in [1.165, 1.54) is 0 Å². The lowest BCUT2D eigenvalue weighted by atomic mass is 9.95. The minimum absolute atomic E-state index is 0.133. The Kier molecular flexibility index (Phi) is 6.77. The second-order valence-corrected chi connectivity index (χ2v) is 9.29.